The molecular weight excluding hydrogens is 244 g/mol. The normalized spacial score (nSPS) is 10.1. The third kappa shape index (κ3) is 2.81. The highest BCUT2D eigenvalue weighted by molar-refractivity contribution is 7.16. The maximum Gasteiger partial charge on any atom is 0.251 e. The topological polar surface area (TPSA) is 42.0 Å². The zero-order chi connectivity index (χ0) is 11.4. The predicted octanol–water partition coefficient (Wildman–Crippen LogP) is 2.73. The number of hydrogen-bond acceptors (Lipinski definition) is 3. The van der Waals surface area contributed by atoms with Gasteiger partial charge in [0.15, 0.2) is 0 Å². The van der Waals surface area contributed by atoms with Crippen molar-refractivity contribution in [3.8, 4) is 0 Å². The van der Waals surface area contributed by atoms with Crippen LogP contribution in [0.5, 0.6) is 0 Å². The molecule has 82 valence electrons. The Hall–Kier alpha value is -1.39. The molecule has 0 fully saturated rings. The Morgan fingerprint density at radius 2 is 2.06 bits per heavy atom. The van der Waals surface area contributed by atoms with Crippen LogP contribution < -0.4 is 5.32 Å². The lowest BCUT2D eigenvalue weighted by Crippen LogP contribution is -2.22. The summed E-state index contributed by atoms with van der Waals surface area (Å²) in [7, 11) is 0. The van der Waals surface area contributed by atoms with E-state index in [2.05, 4.69) is 10.3 Å². The molecule has 0 aromatic carbocycles. The van der Waals surface area contributed by atoms with E-state index < -0.39 is 0 Å². The van der Waals surface area contributed by atoms with Crippen LogP contribution in [0.15, 0.2) is 36.7 Å². The molecule has 0 aliphatic rings. The Bertz CT molecular complexity index is 484. The van der Waals surface area contributed by atoms with Crippen LogP contribution in [0.2, 0.25) is 4.34 Å². The van der Waals surface area contributed by atoms with Gasteiger partial charge in [-0.15, -0.1) is 11.3 Å². The van der Waals surface area contributed by atoms with Gasteiger partial charge in [0, 0.05) is 22.8 Å². The predicted molar refractivity (Wildman–Crippen MR) is 64.7 cm³/mol. The van der Waals surface area contributed by atoms with E-state index in [0.29, 0.717) is 12.1 Å². The molecular formula is C11H9ClN2OS. The van der Waals surface area contributed by atoms with E-state index in [1.807, 2.05) is 12.1 Å². The molecule has 16 heavy (non-hydrogen) atoms. The summed E-state index contributed by atoms with van der Waals surface area (Å²) < 4.78 is 0.730. The Labute approximate surface area is 102 Å². The van der Waals surface area contributed by atoms with Crippen molar-refractivity contribution in [2.75, 3.05) is 0 Å². The van der Waals surface area contributed by atoms with Crippen molar-refractivity contribution in [3.05, 3.63) is 51.4 Å². The van der Waals surface area contributed by atoms with Gasteiger partial charge in [0.25, 0.3) is 5.91 Å². The standard InChI is InChI=1S/C11H9ClN2OS/c12-10-2-1-9(16-10)7-14-11(15)8-3-5-13-6-4-8/h1-6H,7H2,(H,14,15). The van der Waals surface area contributed by atoms with E-state index in [-0.39, 0.29) is 5.91 Å². The van der Waals surface area contributed by atoms with Gasteiger partial charge in [-0.05, 0) is 24.3 Å². The van der Waals surface area contributed by atoms with Gasteiger partial charge in [0.2, 0.25) is 0 Å². The van der Waals surface area contributed by atoms with Crippen molar-refractivity contribution in [3.63, 3.8) is 0 Å². The van der Waals surface area contributed by atoms with Crippen LogP contribution in [0.1, 0.15) is 15.2 Å². The van der Waals surface area contributed by atoms with Gasteiger partial charge in [0.05, 0.1) is 10.9 Å². The van der Waals surface area contributed by atoms with E-state index in [1.165, 1.54) is 11.3 Å². The Morgan fingerprint density at radius 3 is 2.69 bits per heavy atom. The summed E-state index contributed by atoms with van der Waals surface area (Å²) in [4.78, 5) is 16.5. The molecule has 0 aliphatic heterocycles. The van der Waals surface area contributed by atoms with Crippen LogP contribution in [0, 0.1) is 0 Å². The number of aromatic nitrogens is 1. The summed E-state index contributed by atoms with van der Waals surface area (Å²) in [6, 6.07) is 7.08. The number of amides is 1. The van der Waals surface area contributed by atoms with Gasteiger partial charge < -0.3 is 5.32 Å². The second kappa shape index (κ2) is 5.09. The van der Waals surface area contributed by atoms with Crippen molar-refractivity contribution in [1.82, 2.24) is 10.3 Å². The fourth-order valence-corrected chi connectivity index (χ4v) is 2.25. The highest BCUT2D eigenvalue weighted by atomic mass is 35.5. The molecule has 1 N–H and O–H groups in total. The summed E-state index contributed by atoms with van der Waals surface area (Å²) in [6.07, 6.45) is 3.19. The van der Waals surface area contributed by atoms with Gasteiger partial charge in [0.1, 0.15) is 0 Å². The number of hydrogen-bond donors (Lipinski definition) is 1. The zero-order valence-electron chi connectivity index (χ0n) is 8.31. The molecule has 0 unspecified atom stereocenters. The minimum atomic E-state index is -0.105. The average Bonchev–Trinajstić information content (AvgIpc) is 2.73. The fraction of sp³-hybridized carbons (Fsp3) is 0.0909. The SMILES string of the molecule is O=C(NCc1ccc(Cl)s1)c1ccncc1. The first kappa shape index (κ1) is 11.1. The molecule has 0 spiro atoms. The summed E-state index contributed by atoms with van der Waals surface area (Å²) in [5, 5.41) is 2.81. The molecule has 2 rings (SSSR count). The van der Waals surface area contributed by atoms with Gasteiger partial charge >= 0.3 is 0 Å². The first-order valence-corrected chi connectivity index (χ1v) is 5.87. The van der Waals surface area contributed by atoms with Crippen molar-refractivity contribution in [1.29, 1.82) is 0 Å². The van der Waals surface area contributed by atoms with Gasteiger partial charge in [-0.1, -0.05) is 11.6 Å². The lowest BCUT2D eigenvalue weighted by Gasteiger charge is -2.02. The van der Waals surface area contributed by atoms with Crippen molar-refractivity contribution >= 4 is 28.8 Å². The molecule has 0 radical (unpaired) electrons. The largest absolute Gasteiger partial charge is 0.347 e. The monoisotopic (exact) mass is 252 g/mol. The fourth-order valence-electron chi connectivity index (χ4n) is 1.22. The molecule has 5 heteroatoms. The number of nitrogens with one attached hydrogen (secondary N) is 1. The van der Waals surface area contributed by atoms with E-state index in [1.54, 1.807) is 24.5 Å². The van der Waals surface area contributed by atoms with Crippen LogP contribution >= 0.6 is 22.9 Å². The molecule has 0 saturated heterocycles. The van der Waals surface area contributed by atoms with E-state index in [4.69, 9.17) is 11.6 Å². The summed E-state index contributed by atoms with van der Waals surface area (Å²) in [6.45, 7) is 0.499. The first-order valence-electron chi connectivity index (χ1n) is 4.68. The quantitative estimate of drug-likeness (QED) is 0.913. The molecule has 2 heterocycles. The zero-order valence-corrected chi connectivity index (χ0v) is 9.89. The van der Waals surface area contributed by atoms with Crippen molar-refractivity contribution in [2.45, 2.75) is 6.54 Å². The molecule has 0 bridgehead atoms. The second-order valence-electron chi connectivity index (χ2n) is 3.12. The Balaban J connectivity index is 1.94. The molecule has 3 nitrogen and oxygen atoms in total. The smallest absolute Gasteiger partial charge is 0.251 e. The highest BCUT2D eigenvalue weighted by Gasteiger charge is 2.05. The highest BCUT2D eigenvalue weighted by Crippen LogP contribution is 2.21. The number of carbonyl (C=O) groups is 1. The Morgan fingerprint density at radius 1 is 1.31 bits per heavy atom. The summed E-state index contributed by atoms with van der Waals surface area (Å²) in [5.74, 6) is -0.105. The van der Waals surface area contributed by atoms with Crippen LogP contribution in [-0.4, -0.2) is 10.9 Å². The first-order chi connectivity index (χ1) is 7.75. The van der Waals surface area contributed by atoms with Crippen LogP contribution in [-0.2, 0) is 6.54 Å². The van der Waals surface area contributed by atoms with Crippen LogP contribution in [0.25, 0.3) is 0 Å². The lowest BCUT2D eigenvalue weighted by molar-refractivity contribution is 0.0951. The third-order valence-electron chi connectivity index (χ3n) is 1.99. The number of pyridine rings is 1. The van der Waals surface area contributed by atoms with Crippen LogP contribution in [0.4, 0.5) is 0 Å². The minimum absolute atomic E-state index is 0.105. The van der Waals surface area contributed by atoms with Crippen LogP contribution in [0.3, 0.4) is 0 Å². The van der Waals surface area contributed by atoms with Gasteiger partial charge in [-0.3, -0.25) is 9.78 Å². The lowest BCUT2D eigenvalue weighted by atomic mass is 10.2. The number of thiophene rings is 1. The minimum Gasteiger partial charge on any atom is -0.347 e. The molecule has 2 aromatic heterocycles. The molecule has 0 aliphatic carbocycles. The Kier molecular flexibility index (Phi) is 3.54. The van der Waals surface area contributed by atoms with E-state index in [0.717, 1.165) is 9.21 Å². The molecule has 1 amide bonds. The van der Waals surface area contributed by atoms with Crippen molar-refractivity contribution < 1.29 is 4.79 Å². The average molecular weight is 253 g/mol. The van der Waals surface area contributed by atoms with E-state index in [9.17, 15) is 4.79 Å². The third-order valence-corrected chi connectivity index (χ3v) is 3.23. The van der Waals surface area contributed by atoms with Crippen molar-refractivity contribution in [2.24, 2.45) is 0 Å². The van der Waals surface area contributed by atoms with E-state index >= 15 is 0 Å². The number of nitrogens with zero attached hydrogens (tertiary/aromatic N) is 1. The van der Waals surface area contributed by atoms with Gasteiger partial charge in [-0.25, -0.2) is 0 Å². The molecule has 0 saturated carbocycles. The number of carbonyl (C=O) groups excluding carboxylic acids is 1. The maximum absolute atomic E-state index is 11.7. The summed E-state index contributed by atoms with van der Waals surface area (Å²) in [5.41, 5.74) is 0.609. The molecule has 0 atom stereocenters. The number of halogens is 1. The van der Waals surface area contributed by atoms with Gasteiger partial charge in [-0.2, -0.15) is 0 Å². The maximum atomic E-state index is 11.7. The summed E-state index contributed by atoms with van der Waals surface area (Å²) >= 11 is 7.25. The second-order valence-corrected chi connectivity index (χ2v) is 4.92. The molecule has 2 aromatic rings. The number of rotatable bonds is 3.